The average molecular weight is 460 g/mol. The molecule has 0 unspecified atom stereocenters. The SMILES string of the molecule is CCOc1cc2ncnc(Nc3ccc(F)c(Cl)c3)c2cc1NC(=O)[C@@H](CC(C)C)NC. The van der Waals surface area contributed by atoms with Crippen LogP contribution in [-0.4, -0.2) is 35.6 Å². The van der Waals surface area contributed by atoms with E-state index in [1.54, 1.807) is 25.2 Å². The standard InChI is InChI=1S/C23H27ClFN5O2/c1-5-32-21-11-18-15(10-19(21)30-23(31)20(26-4)8-13(2)3)22(28-12-27-18)29-14-6-7-17(25)16(24)9-14/h6-7,9-13,20,26H,5,8H2,1-4H3,(H,30,31)(H,27,28,29)/t20-/m1/s1. The number of nitrogens with zero attached hydrogens (tertiary/aromatic N) is 2. The summed E-state index contributed by atoms with van der Waals surface area (Å²) in [6.07, 6.45) is 2.12. The summed E-state index contributed by atoms with van der Waals surface area (Å²) < 4.78 is 19.3. The number of rotatable bonds is 9. The molecular weight excluding hydrogens is 433 g/mol. The van der Waals surface area contributed by atoms with Gasteiger partial charge in [0.15, 0.2) is 0 Å². The summed E-state index contributed by atoms with van der Waals surface area (Å²) in [6, 6.07) is 7.51. The molecule has 1 heterocycles. The molecule has 0 radical (unpaired) electrons. The zero-order chi connectivity index (χ0) is 23.3. The van der Waals surface area contributed by atoms with Crippen molar-refractivity contribution in [3.63, 3.8) is 0 Å². The Labute approximate surface area is 191 Å². The quantitative estimate of drug-likeness (QED) is 0.410. The molecular formula is C23H27ClFN5O2. The molecule has 7 nitrogen and oxygen atoms in total. The third-order valence-electron chi connectivity index (χ3n) is 4.85. The van der Waals surface area contributed by atoms with Gasteiger partial charge in [0.2, 0.25) is 5.91 Å². The molecule has 170 valence electrons. The number of likely N-dealkylation sites (N-methyl/N-ethyl adjacent to an activating group) is 1. The van der Waals surface area contributed by atoms with Gasteiger partial charge in [0.25, 0.3) is 0 Å². The van der Waals surface area contributed by atoms with Gasteiger partial charge in [-0.2, -0.15) is 0 Å². The van der Waals surface area contributed by atoms with Crippen molar-refractivity contribution in [2.24, 2.45) is 5.92 Å². The molecule has 1 amide bonds. The van der Waals surface area contributed by atoms with Crippen molar-refractivity contribution in [1.82, 2.24) is 15.3 Å². The Morgan fingerprint density at radius 1 is 1.22 bits per heavy atom. The second-order valence-electron chi connectivity index (χ2n) is 7.73. The van der Waals surface area contributed by atoms with Gasteiger partial charge in [-0.25, -0.2) is 14.4 Å². The summed E-state index contributed by atoms with van der Waals surface area (Å²) in [5.41, 5.74) is 1.72. The van der Waals surface area contributed by atoms with E-state index in [1.807, 2.05) is 6.92 Å². The van der Waals surface area contributed by atoms with Crippen LogP contribution in [0.4, 0.5) is 21.6 Å². The number of amides is 1. The topological polar surface area (TPSA) is 88.2 Å². The third-order valence-corrected chi connectivity index (χ3v) is 5.14. The van der Waals surface area contributed by atoms with Gasteiger partial charge in [-0.1, -0.05) is 25.4 Å². The monoisotopic (exact) mass is 459 g/mol. The lowest BCUT2D eigenvalue weighted by atomic mass is 10.0. The maximum Gasteiger partial charge on any atom is 0.241 e. The number of halogens is 2. The van der Waals surface area contributed by atoms with E-state index in [0.717, 1.165) is 0 Å². The van der Waals surface area contributed by atoms with Crippen molar-refractivity contribution in [1.29, 1.82) is 0 Å². The van der Waals surface area contributed by atoms with E-state index in [-0.39, 0.29) is 17.0 Å². The van der Waals surface area contributed by atoms with E-state index in [9.17, 15) is 9.18 Å². The highest BCUT2D eigenvalue weighted by Crippen LogP contribution is 2.34. The van der Waals surface area contributed by atoms with Gasteiger partial charge in [-0.15, -0.1) is 0 Å². The maximum absolute atomic E-state index is 13.5. The largest absolute Gasteiger partial charge is 0.492 e. The van der Waals surface area contributed by atoms with Crippen LogP contribution in [0.5, 0.6) is 5.75 Å². The molecule has 32 heavy (non-hydrogen) atoms. The van der Waals surface area contributed by atoms with E-state index in [0.29, 0.717) is 52.8 Å². The Kier molecular flexibility index (Phi) is 7.82. The minimum atomic E-state index is -0.503. The minimum Gasteiger partial charge on any atom is -0.492 e. The van der Waals surface area contributed by atoms with Crippen LogP contribution < -0.4 is 20.7 Å². The highest BCUT2D eigenvalue weighted by molar-refractivity contribution is 6.31. The molecule has 1 atom stereocenters. The van der Waals surface area contributed by atoms with Gasteiger partial charge in [-0.3, -0.25) is 4.79 Å². The number of ether oxygens (including phenoxy) is 1. The lowest BCUT2D eigenvalue weighted by molar-refractivity contribution is -0.118. The first kappa shape index (κ1) is 23.7. The predicted octanol–water partition coefficient (Wildman–Crippen LogP) is 5.14. The fourth-order valence-corrected chi connectivity index (χ4v) is 3.49. The first-order chi connectivity index (χ1) is 15.3. The number of hydrogen-bond donors (Lipinski definition) is 3. The van der Waals surface area contributed by atoms with E-state index in [4.69, 9.17) is 16.3 Å². The molecule has 2 aromatic carbocycles. The van der Waals surface area contributed by atoms with E-state index < -0.39 is 5.82 Å². The van der Waals surface area contributed by atoms with Crippen molar-refractivity contribution in [2.75, 3.05) is 24.3 Å². The number of nitrogens with one attached hydrogen (secondary N) is 3. The highest BCUT2D eigenvalue weighted by Gasteiger charge is 2.20. The molecule has 3 N–H and O–H groups in total. The van der Waals surface area contributed by atoms with Gasteiger partial charge in [-0.05, 0) is 50.6 Å². The molecule has 0 spiro atoms. The maximum atomic E-state index is 13.5. The highest BCUT2D eigenvalue weighted by atomic mass is 35.5. The van der Waals surface area contributed by atoms with Crippen LogP contribution in [0, 0.1) is 11.7 Å². The molecule has 0 saturated heterocycles. The number of hydrogen-bond acceptors (Lipinski definition) is 6. The zero-order valence-electron chi connectivity index (χ0n) is 18.5. The number of benzene rings is 2. The molecule has 0 aliphatic carbocycles. The van der Waals surface area contributed by atoms with Gasteiger partial charge < -0.3 is 20.7 Å². The zero-order valence-corrected chi connectivity index (χ0v) is 19.3. The first-order valence-electron chi connectivity index (χ1n) is 10.4. The molecule has 9 heteroatoms. The Hall–Kier alpha value is -2.97. The number of aromatic nitrogens is 2. The molecule has 3 rings (SSSR count). The molecule has 0 fully saturated rings. The Balaban J connectivity index is 1.99. The predicted molar refractivity (Wildman–Crippen MR) is 126 cm³/mol. The van der Waals surface area contributed by atoms with Gasteiger partial charge in [0.1, 0.15) is 23.7 Å². The number of carbonyl (C=O) groups excluding carboxylic acids is 1. The van der Waals surface area contributed by atoms with Gasteiger partial charge in [0.05, 0.1) is 28.9 Å². The van der Waals surface area contributed by atoms with Crippen molar-refractivity contribution in [3.05, 3.63) is 47.5 Å². The summed E-state index contributed by atoms with van der Waals surface area (Å²) in [7, 11) is 1.76. The fourth-order valence-electron chi connectivity index (χ4n) is 3.31. The number of fused-ring (bicyclic) bond motifs is 1. The van der Waals surface area contributed by atoms with E-state index in [2.05, 4.69) is 39.8 Å². The van der Waals surface area contributed by atoms with Crippen molar-refractivity contribution in [3.8, 4) is 5.75 Å². The van der Waals surface area contributed by atoms with Gasteiger partial charge >= 0.3 is 0 Å². The Morgan fingerprint density at radius 3 is 2.66 bits per heavy atom. The summed E-state index contributed by atoms with van der Waals surface area (Å²) in [4.78, 5) is 21.5. The van der Waals surface area contributed by atoms with Crippen molar-refractivity contribution in [2.45, 2.75) is 33.2 Å². The van der Waals surface area contributed by atoms with E-state index in [1.165, 1.54) is 18.5 Å². The van der Waals surface area contributed by atoms with Crippen LogP contribution in [0.25, 0.3) is 10.9 Å². The van der Waals surface area contributed by atoms with Crippen LogP contribution in [0.15, 0.2) is 36.7 Å². The Bertz CT molecular complexity index is 1110. The number of anilines is 3. The van der Waals surface area contributed by atoms with Crippen LogP contribution in [0.3, 0.4) is 0 Å². The molecule has 0 bridgehead atoms. The summed E-state index contributed by atoms with van der Waals surface area (Å²) in [5, 5.41) is 9.84. The lowest BCUT2D eigenvalue weighted by Crippen LogP contribution is -2.39. The smallest absolute Gasteiger partial charge is 0.241 e. The summed E-state index contributed by atoms with van der Waals surface area (Å²) in [5.74, 6) is 0.702. The second-order valence-corrected chi connectivity index (χ2v) is 8.14. The molecule has 0 aliphatic rings. The third kappa shape index (κ3) is 5.63. The van der Waals surface area contributed by atoms with Crippen LogP contribution in [0.1, 0.15) is 27.2 Å². The van der Waals surface area contributed by atoms with E-state index >= 15 is 0 Å². The first-order valence-corrected chi connectivity index (χ1v) is 10.8. The summed E-state index contributed by atoms with van der Waals surface area (Å²) in [6.45, 7) is 6.43. The minimum absolute atomic E-state index is 0.00297. The summed E-state index contributed by atoms with van der Waals surface area (Å²) >= 11 is 5.90. The molecule has 3 aromatic rings. The molecule has 1 aromatic heterocycles. The number of carbonyl (C=O) groups is 1. The molecule has 0 saturated carbocycles. The normalized spacial score (nSPS) is 12.1. The fraction of sp³-hybridized carbons (Fsp3) is 0.348. The van der Waals surface area contributed by atoms with Crippen molar-refractivity contribution < 1.29 is 13.9 Å². The second kappa shape index (κ2) is 10.6. The van der Waals surface area contributed by atoms with Crippen molar-refractivity contribution >= 4 is 45.6 Å². The Morgan fingerprint density at radius 2 is 2.00 bits per heavy atom. The van der Waals surface area contributed by atoms with Gasteiger partial charge in [0, 0.05) is 17.1 Å². The van der Waals surface area contributed by atoms with Crippen LogP contribution in [-0.2, 0) is 4.79 Å². The van der Waals surface area contributed by atoms with Crippen LogP contribution in [0.2, 0.25) is 5.02 Å². The van der Waals surface area contributed by atoms with Crippen LogP contribution >= 0.6 is 11.6 Å². The average Bonchev–Trinajstić information content (AvgIpc) is 2.75. The lowest BCUT2D eigenvalue weighted by Gasteiger charge is -2.20. The molecule has 0 aliphatic heterocycles.